The van der Waals surface area contributed by atoms with Gasteiger partial charge in [-0.15, -0.1) is 0 Å². The molecular weight excluding hydrogens is 233 g/mol. The highest BCUT2D eigenvalue weighted by Gasteiger charge is 2.10. The minimum Gasteiger partial charge on any atom is -0.464 e. The highest BCUT2D eigenvalue weighted by molar-refractivity contribution is 5.48. The van der Waals surface area contributed by atoms with E-state index in [2.05, 4.69) is 0 Å². The molecule has 0 saturated carbocycles. The summed E-state index contributed by atoms with van der Waals surface area (Å²) in [6.45, 7) is 2.22. The third-order valence-electron chi connectivity index (χ3n) is 2.79. The molecule has 0 aliphatic rings. The van der Waals surface area contributed by atoms with Crippen LogP contribution in [0.2, 0.25) is 0 Å². The Morgan fingerprint density at radius 2 is 2.06 bits per heavy atom. The number of halogens is 1. The third-order valence-corrected chi connectivity index (χ3v) is 2.79. The number of anilines is 1. The van der Waals surface area contributed by atoms with Gasteiger partial charge in [0, 0.05) is 7.05 Å². The summed E-state index contributed by atoms with van der Waals surface area (Å²) in [5, 5.41) is 8.93. The van der Waals surface area contributed by atoms with Crippen LogP contribution < -0.4 is 4.90 Å². The van der Waals surface area contributed by atoms with Gasteiger partial charge in [0.15, 0.2) is 0 Å². The second kappa shape index (κ2) is 5.23. The Morgan fingerprint density at radius 1 is 1.28 bits per heavy atom. The summed E-state index contributed by atoms with van der Waals surface area (Å²) in [7, 11) is 1.80. The summed E-state index contributed by atoms with van der Waals surface area (Å²) in [4.78, 5) is 1.77. The molecule has 96 valence electrons. The Labute approximate surface area is 105 Å². The molecule has 0 unspecified atom stereocenters. The van der Waals surface area contributed by atoms with Crippen LogP contribution in [0.1, 0.15) is 17.1 Å². The Kier molecular flexibility index (Phi) is 3.67. The zero-order valence-electron chi connectivity index (χ0n) is 10.5. The molecule has 1 heterocycles. The van der Waals surface area contributed by atoms with Gasteiger partial charge in [-0.25, -0.2) is 4.39 Å². The molecule has 18 heavy (non-hydrogen) atoms. The lowest BCUT2D eigenvalue weighted by Crippen LogP contribution is -2.17. The maximum absolute atomic E-state index is 13.8. The molecule has 0 radical (unpaired) electrons. The number of rotatable bonds is 4. The van der Waals surface area contributed by atoms with E-state index in [1.165, 1.54) is 6.07 Å². The van der Waals surface area contributed by atoms with E-state index >= 15 is 0 Å². The molecular formula is C14H16FNO2. The molecule has 0 spiro atoms. The summed E-state index contributed by atoms with van der Waals surface area (Å²) in [5.74, 6) is 1.29. The predicted molar refractivity (Wildman–Crippen MR) is 67.9 cm³/mol. The molecule has 0 bridgehead atoms. The van der Waals surface area contributed by atoms with Crippen LogP contribution in [-0.4, -0.2) is 12.2 Å². The molecule has 3 nitrogen and oxygen atoms in total. The predicted octanol–water partition coefficient (Wildman–Crippen LogP) is 2.86. The van der Waals surface area contributed by atoms with E-state index in [0.29, 0.717) is 17.8 Å². The maximum Gasteiger partial charge on any atom is 0.146 e. The summed E-state index contributed by atoms with van der Waals surface area (Å²) in [6.07, 6.45) is 0. The van der Waals surface area contributed by atoms with Crippen LogP contribution in [-0.2, 0) is 13.2 Å². The Balaban J connectivity index is 2.15. The van der Waals surface area contributed by atoms with Crippen molar-refractivity contribution in [3.8, 4) is 0 Å². The number of hydrogen-bond donors (Lipinski definition) is 1. The lowest BCUT2D eigenvalue weighted by Gasteiger charge is -2.19. The van der Waals surface area contributed by atoms with Gasteiger partial charge in [-0.3, -0.25) is 0 Å². The van der Waals surface area contributed by atoms with Crippen molar-refractivity contribution in [2.75, 3.05) is 11.9 Å². The topological polar surface area (TPSA) is 36.6 Å². The first kappa shape index (κ1) is 12.6. The summed E-state index contributed by atoms with van der Waals surface area (Å²) in [5.41, 5.74) is 1.06. The van der Waals surface area contributed by atoms with Crippen LogP contribution in [0, 0.1) is 12.7 Å². The van der Waals surface area contributed by atoms with E-state index in [1.54, 1.807) is 24.1 Å². The number of nitrogens with zero attached hydrogens (tertiary/aromatic N) is 1. The molecule has 2 aromatic rings. The van der Waals surface area contributed by atoms with E-state index < -0.39 is 0 Å². The molecule has 0 amide bonds. The zero-order chi connectivity index (χ0) is 13.1. The SMILES string of the molecule is Cc1ccc(CN(C)c2ccc(CO)cc2F)o1. The molecule has 0 fully saturated rings. The standard InChI is InChI=1S/C14H16FNO2/c1-10-3-5-12(18-10)8-16(2)14-6-4-11(9-17)7-13(14)15/h3-7,17H,8-9H2,1-2H3. The van der Waals surface area contributed by atoms with Crippen molar-refractivity contribution >= 4 is 5.69 Å². The molecule has 1 N–H and O–H groups in total. The molecule has 0 atom stereocenters. The van der Waals surface area contributed by atoms with Crippen molar-refractivity contribution in [1.29, 1.82) is 0 Å². The van der Waals surface area contributed by atoms with Crippen LogP contribution in [0.4, 0.5) is 10.1 Å². The van der Waals surface area contributed by atoms with Gasteiger partial charge in [0.25, 0.3) is 0 Å². The number of hydrogen-bond acceptors (Lipinski definition) is 3. The molecule has 0 aliphatic heterocycles. The van der Waals surface area contributed by atoms with Gasteiger partial charge in [0.2, 0.25) is 0 Å². The van der Waals surface area contributed by atoms with Crippen molar-refractivity contribution in [2.24, 2.45) is 0 Å². The molecule has 2 rings (SSSR count). The van der Waals surface area contributed by atoms with Crippen molar-refractivity contribution in [3.63, 3.8) is 0 Å². The van der Waals surface area contributed by atoms with Crippen LogP contribution >= 0.6 is 0 Å². The summed E-state index contributed by atoms with van der Waals surface area (Å²) in [6, 6.07) is 8.48. The highest BCUT2D eigenvalue weighted by atomic mass is 19.1. The summed E-state index contributed by atoms with van der Waals surface area (Å²) >= 11 is 0. The summed E-state index contributed by atoms with van der Waals surface area (Å²) < 4.78 is 19.3. The maximum atomic E-state index is 13.8. The van der Waals surface area contributed by atoms with Crippen molar-refractivity contribution in [3.05, 3.63) is 53.2 Å². The van der Waals surface area contributed by atoms with Gasteiger partial charge in [-0.05, 0) is 36.8 Å². The van der Waals surface area contributed by atoms with Crippen molar-refractivity contribution in [2.45, 2.75) is 20.1 Å². The lowest BCUT2D eigenvalue weighted by molar-refractivity contribution is 0.281. The van der Waals surface area contributed by atoms with Crippen LogP contribution in [0.3, 0.4) is 0 Å². The van der Waals surface area contributed by atoms with Gasteiger partial charge in [0.1, 0.15) is 17.3 Å². The molecule has 1 aromatic heterocycles. The fourth-order valence-corrected chi connectivity index (χ4v) is 1.85. The quantitative estimate of drug-likeness (QED) is 0.905. The third kappa shape index (κ3) is 2.71. The Hall–Kier alpha value is -1.81. The first-order chi connectivity index (χ1) is 8.60. The molecule has 4 heteroatoms. The number of aliphatic hydroxyl groups is 1. The number of benzene rings is 1. The average Bonchev–Trinajstić information content (AvgIpc) is 2.74. The fraction of sp³-hybridized carbons (Fsp3) is 0.286. The molecule has 0 aliphatic carbocycles. The first-order valence-corrected chi connectivity index (χ1v) is 5.76. The van der Waals surface area contributed by atoms with Crippen LogP contribution in [0.5, 0.6) is 0 Å². The second-order valence-corrected chi connectivity index (χ2v) is 4.31. The normalized spacial score (nSPS) is 10.7. The van der Waals surface area contributed by atoms with Crippen molar-refractivity contribution < 1.29 is 13.9 Å². The molecule has 1 aromatic carbocycles. The smallest absolute Gasteiger partial charge is 0.146 e. The van der Waals surface area contributed by atoms with Gasteiger partial charge >= 0.3 is 0 Å². The average molecular weight is 249 g/mol. The van der Waals surface area contributed by atoms with E-state index in [0.717, 1.165) is 11.5 Å². The number of aryl methyl sites for hydroxylation is 1. The Bertz CT molecular complexity index is 536. The fourth-order valence-electron chi connectivity index (χ4n) is 1.85. The van der Waals surface area contributed by atoms with Crippen LogP contribution in [0.25, 0.3) is 0 Å². The number of aliphatic hydroxyl groups excluding tert-OH is 1. The van der Waals surface area contributed by atoms with E-state index in [9.17, 15) is 4.39 Å². The van der Waals surface area contributed by atoms with Gasteiger partial charge in [-0.2, -0.15) is 0 Å². The van der Waals surface area contributed by atoms with Crippen molar-refractivity contribution in [1.82, 2.24) is 0 Å². The monoisotopic (exact) mass is 249 g/mol. The first-order valence-electron chi connectivity index (χ1n) is 5.76. The van der Waals surface area contributed by atoms with E-state index in [4.69, 9.17) is 9.52 Å². The Morgan fingerprint density at radius 3 is 2.61 bits per heavy atom. The van der Waals surface area contributed by atoms with Gasteiger partial charge in [0.05, 0.1) is 18.8 Å². The minimum atomic E-state index is -0.340. The van der Waals surface area contributed by atoms with Crippen LogP contribution in [0.15, 0.2) is 34.7 Å². The largest absolute Gasteiger partial charge is 0.464 e. The zero-order valence-corrected chi connectivity index (χ0v) is 10.5. The number of furan rings is 1. The van der Waals surface area contributed by atoms with Gasteiger partial charge in [-0.1, -0.05) is 6.07 Å². The van der Waals surface area contributed by atoms with E-state index in [-0.39, 0.29) is 12.4 Å². The second-order valence-electron chi connectivity index (χ2n) is 4.31. The van der Waals surface area contributed by atoms with Gasteiger partial charge < -0.3 is 14.4 Å². The minimum absolute atomic E-state index is 0.154. The molecule has 0 saturated heterocycles. The van der Waals surface area contributed by atoms with E-state index in [1.807, 2.05) is 19.1 Å². The highest BCUT2D eigenvalue weighted by Crippen LogP contribution is 2.21. The lowest BCUT2D eigenvalue weighted by atomic mass is 10.2.